The van der Waals surface area contributed by atoms with E-state index in [1.165, 1.54) is 4.31 Å². The smallest absolute Gasteiger partial charge is 0.252 e. The third-order valence-electron chi connectivity index (χ3n) is 2.99. The van der Waals surface area contributed by atoms with E-state index in [0.29, 0.717) is 21.6 Å². The van der Waals surface area contributed by atoms with Crippen molar-refractivity contribution >= 4 is 45.4 Å². The first kappa shape index (κ1) is 16.2. The van der Waals surface area contributed by atoms with Crippen molar-refractivity contribution < 1.29 is 8.42 Å². The SMILES string of the molecule is CNC1CCN(S(=O)(=O)c2cc(C)c(Cl)s2)C1.Cl. The van der Waals surface area contributed by atoms with E-state index in [9.17, 15) is 8.42 Å². The molecule has 4 nitrogen and oxygen atoms in total. The topological polar surface area (TPSA) is 49.4 Å². The lowest BCUT2D eigenvalue weighted by molar-refractivity contribution is 0.466. The van der Waals surface area contributed by atoms with Crippen LogP contribution in [-0.2, 0) is 10.0 Å². The van der Waals surface area contributed by atoms with Crippen molar-refractivity contribution in [1.82, 2.24) is 9.62 Å². The molecule has 2 rings (SSSR count). The standard InChI is InChI=1S/C10H15ClN2O2S2.ClH/c1-7-5-9(16-10(7)11)17(14,15)13-4-3-8(6-13)12-2;/h5,8,12H,3-4,6H2,1-2H3;1H. The first-order chi connectivity index (χ1) is 7.95. The fourth-order valence-corrected chi connectivity index (χ4v) is 5.23. The van der Waals surface area contributed by atoms with Gasteiger partial charge in [0, 0.05) is 19.1 Å². The Morgan fingerprint density at radius 2 is 2.22 bits per heavy atom. The van der Waals surface area contributed by atoms with Crippen molar-refractivity contribution in [3.63, 3.8) is 0 Å². The van der Waals surface area contributed by atoms with Crippen molar-refractivity contribution in [2.75, 3.05) is 20.1 Å². The fourth-order valence-electron chi connectivity index (χ4n) is 1.87. The summed E-state index contributed by atoms with van der Waals surface area (Å²) in [6.45, 7) is 2.92. The van der Waals surface area contributed by atoms with Crippen molar-refractivity contribution in [3.05, 3.63) is 16.0 Å². The molecule has 1 aromatic rings. The molecule has 104 valence electrons. The van der Waals surface area contributed by atoms with E-state index in [4.69, 9.17) is 11.6 Å². The van der Waals surface area contributed by atoms with Crippen LogP contribution >= 0.6 is 35.3 Å². The highest BCUT2D eigenvalue weighted by Crippen LogP contribution is 2.33. The van der Waals surface area contributed by atoms with E-state index >= 15 is 0 Å². The summed E-state index contributed by atoms with van der Waals surface area (Å²) in [7, 11) is -1.50. The van der Waals surface area contributed by atoms with Crippen LogP contribution in [0.2, 0.25) is 4.34 Å². The second-order valence-corrected chi connectivity index (χ2v) is 7.98. The third kappa shape index (κ3) is 3.00. The van der Waals surface area contributed by atoms with Gasteiger partial charge in [0.25, 0.3) is 10.0 Å². The van der Waals surface area contributed by atoms with Gasteiger partial charge in [0.15, 0.2) is 0 Å². The molecule has 18 heavy (non-hydrogen) atoms. The number of aryl methyl sites for hydroxylation is 1. The first-order valence-corrected chi connectivity index (χ1v) is 8.02. The van der Waals surface area contributed by atoms with Gasteiger partial charge in [-0.1, -0.05) is 11.6 Å². The van der Waals surface area contributed by atoms with Gasteiger partial charge in [0.1, 0.15) is 4.21 Å². The van der Waals surface area contributed by atoms with Crippen LogP contribution < -0.4 is 5.32 Å². The van der Waals surface area contributed by atoms with E-state index in [1.807, 2.05) is 14.0 Å². The van der Waals surface area contributed by atoms with Crippen LogP contribution in [0.3, 0.4) is 0 Å². The molecule has 0 aromatic carbocycles. The number of nitrogens with one attached hydrogen (secondary N) is 1. The molecular formula is C10H16Cl2N2O2S2. The molecule has 0 bridgehead atoms. The summed E-state index contributed by atoms with van der Waals surface area (Å²) in [6.07, 6.45) is 0.855. The van der Waals surface area contributed by atoms with Gasteiger partial charge in [-0.15, -0.1) is 23.7 Å². The number of sulfonamides is 1. The van der Waals surface area contributed by atoms with Crippen LogP contribution in [0.15, 0.2) is 10.3 Å². The minimum absolute atomic E-state index is 0. The lowest BCUT2D eigenvalue weighted by atomic mass is 10.3. The van der Waals surface area contributed by atoms with Gasteiger partial charge in [0.2, 0.25) is 0 Å². The number of hydrogen-bond acceptors (Lipinski definition) is 4. The molecule has 1 saturated heterocycles. The second kappa shape index (κ2) is 6.07. The number of nitrogens with zero attached hydrogens (tertiary/aromatic N) is 1. The number of halogens is 2. The predicted octanol–water partition coefficient (Wildman–Crippen LogP) is 2.11. The molecule has 0 amide bonds. The lowest BCUT2D eigenvalue weighted by Crippen LogP contribution is -2.33. The highest BCUT2D eigenvalue weighted by molar-refractivity contribution is 7.91. The highest BCUT2D eigenvalue weighted by Gasteiger charge is 2.33. The molecule has 1 N–H and O–H groups in total. The van der Waals surface area contributed by atoms with Gasteiger partial charge < -0.3 is 5.32 Å². The summed E-state index contributed by atoms with van der Waals surface area (Å²) in [5.74, 6) is 0. The Bertz CT molecular complexity index is 496. The molecule has 1 unspecified atom stereocenters. The molecule has 0 saturated carbocycles. The fraction of sp³-hybridized carbons (Fsp3) is 0.600. The van der Waals surface area contributed by atoms with Gasteiger partial charge in [-0.05, 0) is 32.0 Å². The predicted molar refractivity (Wildman–Crippen MR) is 77.5 cm³/mol. The Kier molecular flexibility index (Phi) is 5.46. The van der Waals surface area contributed by atoms with Gasteiger partial charge in [-0.3, -0.25) is 0 Å². The molecular weight excluding hydrogens is 315 g/mol. The maximum absolute atomic E-state index is 12.3. The summed E-state index contributed by atoms with van der Waals surface area (Å²) >= 11 is 7.05. The Balaban J connectivity index is 0.00000162. The molecule has 0 radical (unpaired) electrons. The van der Waals surface area contributed by atoms with E-state index in [0.717, 1.165) is 23.3 Å². The van der Waals surface area contributed by atoms with E-state index in [2.05, 4.69) is 5.32 Å². The minimum Gasteiger partial charge on any atom is -0.316 e. The highest BCUT2D eigenvalue weighted by atomic mass is 35.5. The van der Waals surface area contributed by atoms with E-state index < -0.39 is 10.0 Å². The molecule has 1 atom stereocenters. The first-order valence-electron chi connectivity index (χ1n) is 5.38. The molecule has 1 fully saturated rings. The zero-order valence-corrected chi connectivity index (χ0v) is 13.3. The van der Waals surface area contributed by atoms with Gasteiger partial charge in [-0.2, -0.15) is 4.31 Å². The van der Waals surface area contributed by atoms with Crippen molar-refractivity contribution in [1.29, 1.82) is 0 Å². The van der Waals surface area contributed by atoms with Crippen LogP contribution in [0.5, 0.6) is 0 Å². The zero-order valence-electron chi connectivity index (χ0n) is 10.1. The number of thiophene rings is 1. The molecule has 0 aliphatic carbocycles. The number of likely N-dealkylation sites (N-methyl/N-ethyl adjacent to an activating group) is 1. The number of rotatable bonds is 3. The second-order valence-electron chi connectivity index (χ2n) is 4.16. The molecule has 1 aliphatic heterocycles. The van der Waals surface area contributed by atoms with Crippen LogP contribution in [0.4, 0.5) is 0 Å². The normalized spacial score (nSPS) is 20.9. The van der Waals surface area contributed by atoms with Crippen LogP contribution in [-0.4, -0.2) is 38.9 Å². The monoisotopic (exact) mass is 330 g/mol. The van der Waals surface area contributed by atoms with Gasteiger partial charge in [0.05, 0.1) is 4.34 Å². The van der Waals surface area contributed by atoms with Gasteiger partial charge in [-0.25, -0.2) is 8.42 Å². The summed E-state index contributed by atoms with van der Waals surface area (Å²) in [5.41, 5.74) is 0.819. The summed E-state index contributed by atoms with van der Waals surface area (Å²) < 4.78 is 27.0. The average molecular weight is 331 g/mol. The quantitative estimate of drug-likeness (QED) is 0.923. The maximum Gasteiger partial charge on any atom is 0.252 e. The molecule has 8 heteroatoms. The Labute approximate surface area is 123 Å². The zero-order chi connectivity index (χ0) is 12.6. The Morgan fingerprint density at radius 1 is 1.56 bits per heavy atom. The molecule has 2 heterocycles. The lowest BCUT2D eigenvalue weighted by Gasteiger charge is -2.14. The van der Waals surface area contributed by atoms with Gasteiger partial charge >= 0.3 is 0 Å². The molecule has 1 aromatic heterocycles. The summed E-state index contributed by atoms with van der Waals surface area (Å²) in [4.78, 5) is 0. The summed E-state index contributed by atoms with van der Waals surface area (Å²) in [5, 5.41) is 3.11. The van der Waals surface area contributed by atoms with Crippen molar-refractivity contribution in [2.24, 2.45) is 0 Å². The van der Waals surface area contributed by atoms with E-state index in [-0.39, 0.29) is 18.4 Å². The van der Waals surface area contributed by atoms with Crippen LogP contribution in [0.25, 0.3) is 0 Å². The Morgan fingerprint density at radius 3 is 2.67 bits per heavy atom. The number of hydrogen-bond donors (Lipinski definition) is 1. The van der Waals surface area contributed by atoms with Crippen molar-refractivity contribution in [3.8, 4) is 0 Å². The maximum atomic E-state index is 12.3. The third-order valence-corrected chi connectivity index (χ3v) is 6.86. The van der Waals surface area contributed by atoms with Crippen LogP contribution in [0, 0.1) is 6.92 Å². The van der Waals surface area contributed by atoms with Crippen LogP contribution in [0.1, 0.15) is 12.0 Å². The molecule has 0 spiro atoms. The largest absolute Gasteiger partial charge is 0.316 e. The van der Waals surface area contributed by atoms with Crippen molar-refractivity contribution in [2.45, 2.75) is 23.6 Å². The average Bonchev–Trinajstić information content (AvgIpc) is 2.87. The molecule has 1 aliphatic rings. The Hall–Kier alpha value is 0.150. The van der Waals surface area contributed by atoms with E-state index in [1.54, 1.807) is 6.07 Å². The minimum atomic E-state index is -3.36. The summed E-state index contributed by atoms with van der Waals surface area (Å²) in [6, 6.07) is 1.90.